The summed E-state index contributed by atoms with van der Waals surface area (Å²) in [5.41, 5.74) is 2.92. The molecule has 2 bridgehead atoms. The number of fused-ring (bicyclic) bond motifs is 2. The van der Waals surface area contributed by atoms with E-state index in [0.29, 0.717) is 18.2 Å². The van der Waals surface area contributed by atoms with Crippen molar-refractivity contribution in [2.24, 2.45) is 11.8 Å². The van der Waals surface area contributed by atoms with Crippen LogP contribution in [0.25, 0.3) is 0 Å². The molecule has 0 spiro atoms. The van der Waals surface area contributed by atoms with E-state index in [1.165, 1.54) is 0 Å². The molecular weight excluding hydrogens is 250 g/mol. The number of hydrogen-bond acceptors (Lipinski definition) is 4. The first-order chi connectivity index (χ1) is 8.63. The lowest BCUT2D eigenvalue weighted by Crippen LogP contribution is -2.38. The first-order valence-corrected chi connectivity index (χ1v) is 7.64. The zero-order chi connectivity index (χ0) is 12.8. The Morgan fingerprint density at radius 3 is 2.67 bits per heavy atom. The molecule has 1 saturated heterocycles. The van der Waals surface area contributed by atoms with Gasteiger partial charge in [0.25, 0.3) is 0 Å². The third kappa shape index (κ3) is 1.72. The van der Waals surface area contributed by atoms with Crippen LogP contribution >= 0.6 is 0 Å². The van der Waals surface area contributed by atoms with Crippen LogP contribution in [0.4, 0.5) is 5.69 Å². The molecule has 0 amide bonds. The summed E-state index contributed by atoms with van der Waals surface area (Å²) in [6.45, 7) is 0.659. The summed E-state index contributed by atoms with van der Waals surface area (Å²) in [4.78, 5) is 0.278. The smallest absolute Gasteiger partial charge is 0.245 e. The molecule has 3 N–H and O–H groups in total. The first-order valence-electron chi connectivity index (χ1n) is 6.20. The molecule has 98 valence electrons. The van der Waals surface area contributed by atoms with E-state index in [-0.39, 0.29) is 10.9 Å². The minimum atomic E-state index is -3.42. The largest absolute Gasteiger partial charge is 0.323 e. The SMILES string of the molecule is NNc1ccccc1S(=O)(=O)N1CC2CCC1C2. The van der Waals surface area contributed by atoms with Crippen molar-refractivity contribution in [2.45, 2.75) is 30.2 Å². The van der Waals surface area contributed by atoms with Crippen molar-refractivity contribution in [2.75, 3.05) is 12.0 Å². The zero-order valence-corrected chi connectivity index (χ0v) is 10.9. The molecule has 0 radical (unpaired) electrons. The molecule has 2 aliphatic rings. The summed E-state index contributed by atoms with van der Waals surface area (Å²) in [5, 5.41) is 0. The van der Waals surface area contributed by atoms with E-state index in [2.05, 4.69) is 5.43 Å². The molecule has 1 aliphatic carbocycles. The van der Waals surface area contributed by atoms with Gasteiger partial charge in [0.1, 0.15) is 4.90 Å². The fourth-order valence-electron chi connectivity index (χ4n) is 3.11. The monoisotopic (exact) mass is 267 g/mol. The normalized spacial score (nSPS) is 27.6. The van der Waals surface area contributed by atoms with Gasteiger partial charge in [0.15, 0.2) is 0 Å². The van der Waals surface area contributed by atoms with Crippen LogP contribution in [0.15, 0.2) is 29.2 Å². The van der Waals surface area contributed by atoms with E-state index in [1.807, 2.05) is 0 Å². The second-order valence-corrected chi connectivity index (χ2v) is 6.91. The summed E-state index contributed by atoms with van der Waals surface area (Å²) in [7, 11) is -3.42. The van der Waals surface area contributed by atoms with E-state index < -0.39 is 10.0 Å². The summed E-state index contributed by atoms with van der Waals surface area (Å²) < 4.78 is 26.9. The first kappa shape index (κ1) is 12.0. The molecule has 18 heavy (non-hydrogen) atoms. The molecule has 2 atom stereocenters. The van der Waals surface area contributed by atoms with E-state index in [0.717, 1.165) is 19.3 Å². The lowest BCUT2D eigenvalue weighted by molar-refractivity contribution is 0.333. The fourth-order valence-corrected chi connectivity index (χ4v) is 5.01. The number of anilines is 1. The number of nitrogen functional groups attached to an aromatic ring is 1. The van der Waals surface area contributed by atoms with Crippen molar-refractivity contribution < 1.29 is 8.42 Å². The minimum absolute atomic E-state index is 0.186. The van der Waals surface area contributed by atoms with Gasteiger partial charge in [-0.3, -0.25) is 5.84 Å². The summed E-state index contributed by atoms with van der Waals surface area (Å²) in [6, 6.07) is 6.97. The van der Waals surface area contributed by atoms with Crippen LogP contribution in [-0.2, 0) is 10.0 Å². The van der Waals surface area contributed by atoms with Gasteiger partial charge >= 0.3 is 0 Å². The molecule has 1 heterocycles. The van der Waals surface area contributed by atoms with Crippen LogP contribution in [0, 0.1) is 5.92 Å². The van der Waals surface area contributed by atoms with E-state index >= 15 is 0 Å². The molecule has 2 unspecified atom stereocenters. The van der Waals surface area contributed by atoms with Gasteiger partial charge < -0.3 is 5.43 Å². The second kappa shape index (κ2) is 4.22. The highest BCUT2D eigenvalue weighted by atomic mass is 32.2. The highest BCUT2D eigenvalue weighted by Gasteiger charge is 2.44. The molecular formula is C12H17N3O2S. The predicted octanol–water partition coefficient (Wildman–Crippen LogP) is 1.15. The molecule has 0 aromatic heterocycles. The Labute approximate surface area is 107 Å². The van der Waals surface area contributed by atoms with Crippen molar-refractivity contribution in [3.63, 3.8) is 0 Å². The molecule has 1 saturated carbocycles. The van der Waals surface area contributed by atoms with Crippen LogP contribution in [0.5, 0.6) is 0 Å². The lowest BCUT2D eigenvalue weighted by atomic mass is 10.1. The molecule has 5 nitrogen and oxygen atoms in total. The Hall–Kier alpha value is -1.11. The van der Waals surface area contributed by atoms with E-state index in [1.54, 1.807) is 28.6 Å². The number of piperidine rings is 1. The number of rotatable bonds is 3. The second-order valence-electron chi connectivity index (χ2n) is 5.05. The van der Waals surface area contributed by atoms with Crippen molar-refractivity contribution in [3.05, 3.63) is 24.3 Å². The van der Waals surface area contributed by atoms with Crippen LogP contribution in [0.1, 0.15) is 19.3 Å². The van der Waals surface area contributed by atoms with Crippen molar-refractivity contribution >= 4 is 15.7 Å². The van der Waals surface area contributed by atoms with Gasteiger partial charge in [-0.05, 0) is 37.3 Å². The van der Waals surface area contributed by atoms with Crippen LogP contribution < -0.4 is 11.3 Å². The van der Waals surface area contributed by atoms with Gasteiger partial charge in [-0.15, -0.1) is 0 Å². The number of hydrogen-bond donors (Lipinski definition) is 2. The number of nitrogens with zero attached hydrogens (tertiary/aromatic N) is 1. The van der Waals surface area contributed by atoms with E-state index in [4.69, 9.17) is 5.84 Å². The number of nitrogens with two attached hydrogens (primary N) is 1. The van der Waals surface area contributed by atoms with Crippen LogP contribution in [0.3, 0.4) is 0 Å². The lowest BCUT2D eigenvalue weighted by Gasteiger charge is -2.26. The van der Waals surface area contributed by atoms with Crippen molar-refractivity contribution in [3.8, 4) is 0 Å². The number of para-hydroxylation sites is 1. The average molecular weight is 267 g/mol. The highest BCUT2D eigenvalue weighted by molar-refractivity contribution is 7.89. The van der Waals surface area contributed by atoms with E-state index in [9.17, 15) is 8.42 Å². The van der Waals surface area contributed by atoms with Gasteiger partial charge in [-0.2, -0.15) is 4.31 Å². The Bertz CT molecular complexity index is 558. The zero-order valence-electron chi connectivity index (χ0n) is 10.0. The third-order valence-corrected chi connectivity index (χ3v) is 5.96. The number of hydrazine groups is 1. The summed E-state index contributed by atoms with van der Waals surface area (Å²) in [5.74, 6) is 5.93. The number of benzene rings is 1. The molecule has 3 rings (SSSR count). The Morgan fingerprint density at radius 2 is 2.06 bits per heavy atom. The number of nitrogens with one attached hydrogen (secondary N) is 1. The maximum absolute atomic E-state index is 12.6. The third-order valence-electron chi connectivity index (χ3n) is 3.99. The molecule has 1 aromatic carbocycles. The highest BCUT2D eigenvalue weighted by Crippen LogP contribution is 2.41. The Morgan fingerprint density at radius 1 is 1.28 bits per heavy atom. The maximum Gasteiger partial charge on any atom is 0.245 e. The molecule has 1 aromatic rings. The molecule has 2 fully saturated rings. The van der Waals surface area contributed by atoms with Crippen LogP contribution in [-0.4, -0.2) is 25.3 Å². The van der Waals surface area contributed by atoms with Gasteiger partial charge in [0.05, 0.1) is 5.69 Å². The quantitative estimate of drug-likeness (QED) is 0.636. The van der Waals surface area contributed by atoms with Crippen molar-refractivity contribution in [1.82, 2.24) is 4.31 Å². The molecule has 1 aliphatic heterocycles. The topological polar surface area (TPSA) is 75.4 Å². The maximum atomic E-state index is 12.6. The van der Waals surface area contributed by atoms with Gasteiger partial charge in [0.2, 0.25) is 10.0 Å². The Kier molecular flexibility index (Phi) is 2.80. The summed E-state index contributed by atoms with van der Waals surface area (Å²) >= 11 is 0. The van der Waals surface area contributed by atoms with Gasteiger partial charge in [-0.25, -0.2) is 8.42 Å². The summed E-state index contributed by atoms with van der Waals surface area (Å²) in [6.07, 6.45) is 3.16. The fraction of sp³-hybridized carbons (Fsp3) is 0.500. The Balaban J connectivity index is 2.00. The van der Waals surface area contributed by atoms with Gasteiger partial charge in [-0.1, -0.05) is 12.1 Å². The average Bonchev–Trinajstić information content (AvgIpc) is 3.01. The van der Waals surface area contributed by atoms with Gasteiger partial charge in [0, 0.05) is 12.6 Å². The van der Waals surface area contributed by atoms with Crippen molar-refractivity contribution in [1.29, 1.82) is 0 Å². The predicted molar refractivity (Wildman–Crippen MR) is 69.3 cm³/mol. The van der Waals surface area contributed by atoms with Crippen LogP contribution in [0.2, 0.25) is 0 Å². The standard InChI is InChI=1S/C12H17N3O2S/c13-14-11-3-1-2-4-12(11)18(16,17)15-8-9-5-6-10(15)7-9/h1-4,9-10,14H,5-8,13H2. The minimum Gasteiger partial charge on any atom is -0.323 e. The number of sulfonamides is 1. The molecule has 6 heteroatoms.